The summed E-state index contributed by atoms with van der Waals surface area (Å²) in [6.45, 7) is 2.91. The van der Waals surface area contributed by atoms with E-state index >= 15 is 0 Å². The van der Waals surface area contributed by atoms with E-state index in [4.69, 9.17) is 0 Å². The number of piperazine rings is 1. The van der Waals surface area contributed by atoms with Gasteiger partial charge in [0, 0.05) is 55.9 Å². The molecule has 6 heteroatoms. The molecular formula is C30H28N4O2. The van der Waals surface area contributed by atoms with Crippen LogP contribution < -0.4 is 0 Å². The van der Waals surface area contributed by atoms with Crippen molar-refractivity contribution in [1.82, 2.24) is 19.7 Å². The van der Waals surface area contributed by atoms with Gasteiger partial charge in [0.1, 0.15) is 5.70 Å². The number of benzene rings is 3. The number of amides is 2. The van der Waals surface area contributed by atoms with E-state index < -0.39 is 0 Å². The van der Waals surface area contributed by atoms with Gasteiger partial charge in [-0.3, -0.25) is 19.4 Å². The van der Waals surface area contributed by atoms with E-state index in [-0.39, 0.29) is 17.9 Å². The molecule has 6 rings (SSSR count). The Balaban J connectivity index is 1.33. The second kappa shape index (κ2) is 9.13. The lowest BCUT2D eigenvalue weighted by molar-refractivity contribution is -0.136. The van der Waals surface area contributed by atoms with E-state index in [1.807, 2.05) is 42.6 Å². The molecule has 2 aliphatic rings. The van der Waals surface area contributed by atoms with Crippen molar-refractivity contribution >= 4 is 28.3 Å². The predicted molar refractivity (Wildman–Crippen MR) is 141 cm³/mol. The zero-order chi connectivity index (χ0) is 24.6. The van der Waals surface area contributed by atoms with Gasteiger partial charge in [-0.05, 0) is 17.2 Å². The van der Waals surface area contributed by atoms with Crippen LogP contribution in [0.2, 0.25) is 0 Å². The summed E-state index contributed by atoms with van der Waals surface area (Å²) in [4.78, 5) is 35.6. The van der Waals surface area contributed by atoms with Crippen LogP contribution in [0.4, 0.5) is 0 Å². The van der Waals surface area contributed by atoms with Gasteiger partial charge in [0.2, 0.25) is 0 Å². The van der Waals surface area contributed by atoms with Crippen LogP contribution in [0.25, 0.3) is 16.5 Å². The highest BCUT2D eigenvalue weighted by Gasteiger charge is 2.41. The number of imide groups is 1. The van der Waals surface area contributed by atoms with Crippen molar-refractivity contribution in [3.05, 3.63) is 114 Å². The third-order valence-corrected chi connectivity index (χ3v) is 7.35. The largest absolute Gasteiger partial charge is 0.364 e. The number of hydrogen-bond donors (Lipinski definition) is 1. The zero-order valence-corrected chi connectivity index (χ0v) is 20.2. The van der Waals surface area contributed by atoms with Gasteiger partial charge >= 0.3 is 0 Å². The molecule has 3 heterocycles. The summed E-state index contributed by atoms with van der Waals surface area (Å²) in [5, 5.41) is 0.952. The second-order valence-corrected chi connectivity index (χ2v) is 9.39. The van der Waals surface area contributed by atoms with Crippen LogP contribution in [0.1, 0.15) is 22.7 Å². The van der Waals surface area contributed by atoms with E-state index in [1.165, 1.54) is 16.0 Å². The van der Waals surface area contributed by atoms with Crippen LogP contribution in [-0.2, 0) is 9.59 Å². The molecule has 1 fully saturated rings. The highest BCUT2D eigenvalue weighted by molar-refractivity contribution is 6.36. The van der Waals surface area contributed by atoms with Crippen molar-refractivity contribution in [2.24, 2.45) is 0 Å². The normalized spacial score (nSPS) is 17.2. The number of H-pyrrole nitrogens is 1. The fraction of sp³-hybridized carbons (Fsp3) is 0.200. The number of aromatic nitrogens is 1. The molecule has 6 nitrogen and oxygen atoms in total. The van der Waals surface area contributed by atoms with Crippen LogP contribution >= 0.6 is 0 Å². The Bertz CT molecular complexity index is 1410. The summed E-state index contributed by atoms with van der Waals surface area (Å²) in [6, 6.07) is 29.1. The topological polar surface area (TPSA) is 59.7 Å². The quantitative estimate of drug-likeness (QED) is 0.437. The fourth-order valence-electron chi connectivity index (χ4n) is 5.53. The summed E-state index contributed by atoms with van der Waals surface area (Å²) in [6.07, 6.45) is 1.85. The second-order valence-electron chi connectivity index (χ2n) is 9.39. The lowest BCUT2D eigenvalue weighted by Crippen LogP contribution is -2.48. The van der Waals surface area contributed by atoms with Crippen molar-refractivity contribution in [1.29, 1.82) is 0 Å². The van der Waals surface area contributed by atoms with Gasteiger partial charge in [0.25, 0.3) is 11.8 Å². The molecule has 0 atom stereocenters. The van der Waals surface area contributed by atoms with Crippen molar-refractivity contribution in [3.63, 3.8) is 0 Å². The molecule has 180 valence electrons. The maximum atomic E-state index is 13.3. The molecule has 0 bridgehead atoms. The van der Waals surface area contributed by atoms with Crippen LogP contribution in [0.15, 0.2) is 96.8 Å². The Hall–Kier alpha value is -4.16. The number of para-hydroxylation sites is 1. The Morgan fingerprint density at radius 1 is 0.722 bits per heavy atom. The molecule has 0 radical (unpaired) electrons. The van der Waals surface area contributed by atoms with Crippen molar-refractivity contribution in [2.75, 3.05) is 33.2 Å². The van der Waals surface area contributed by atoms with Crippen LogP contribution in [0.5, 0.6) is 0 Å². The summed E-state index contributed by atoms with van der Waals surface area (Å²) in [5.74, 6) is -0.468. The van der Waals surface area contributed by atoms with E-state index in [1.54, 1.807) is 7.05 Å². The highest BCUT2D eigenvalue weighted by atomic mass is 16.2. The zero-order valence-electron chi connectivity index (χ0n) is 20.2. The molecule has 0 saturated carbocycles. The first kappa shape index (κ1) is 22.3. The minimum absolute atomic E-state index is 0.139. The number of likely N-dealkylation sites (N-methyl/N-ethyl adjacent to an activating group) is 1. The third kappa shape index (κ3) is 3.71. The summed E-state index contributed by atoms with van der Waals surface area (Å²) in [5.41, 5.74) is 5.26. The number of rotatable bonds is 5. The lowest BCUT2D eigenvalue weighted by Gasteiger charge is -2.40. The molecule has 3 aromatic carbocycles. The summed E-state index contributed by atoms with van der Waals surface area (Å²) >= 11 is 0. The molecular weight excluding hydrogens is 448 g/mol. The van der Waals surface area contributed by atoms with Crippen molar-refractivity contribution in [2.45, 2.75) is 6.04 Å². The van der Waals surface area contributed by atoms with Gasteiger partial charge in [-0.15, -0.1) is 0 Å². The van der Waals surface area contributed by atoms with E-state index in [9.17, 15) is 9.59 Å². The van der Waals surface area contributed by atoms with Crippen LogP contribution in [0, 0.1) is 0 Å². The molecule has 1 N–H and O–H groups in total. The van der Waals surface area contributed by atoms with E-state index in [0.717, 1.165) is 29.6 Å². The monoisotopic (exact) mass is 476 g/mol. The third-order valence-electron chi connectivity index (χ3n) is 7.35. The maximum Gasteiger partial charge on any atom is 0.277 e. The molecule has 0 aliphatic carbocycles. The molecule has 0 spiro atoms. The maximum absolute atomic E-state index is 13.3. The van der Waals surface area contributed by atoms with Gasteiger partial charge in [-0.25, -0.2) is 0 Å². The van der Waals surface area contributed by atoms with Crippen molar-refractivity contribution in [3.8, 4) is 0 Å². The smallest absolute Gasteiger partial charge is 0.277 e. The first-order valence-corrected chi connectivity index (χ1v) is 12.4. The molecule has 4 aromatic rings. The van der Waals surface area contributed by atoms with E-state index in [0.29, 0.717) is 24.4 Å². The number of aromatic amines is 1. The average molecular weight is 477 g/mol. The molecule has 2 aliphatic heterocycles. The Morgan fingerprint density at radius 2 is 1.31 bits per heavy atom. The molecule has 36 heavy (non-hydrogen) atoms. The first-order chi connectivity index (χ1) is 17.6. The van der Waals surface area contributed by atoms with Gasteiger partial charge in [-0.2, -0.15) is 0 Å². The Morgan fingerprint density at radius 3 is 1.94 bits per heavy atom. The molecule has 1 saturated heterocycles. The fourth-order valence-corrected chi connectivity index (χ4v) is 5.53. The number of hydrogen-bond acceptors (Lipinski definition) is 4. The van der Waals surface area contributed by atoms with Crippen LogP contribution in [-0.4, -0.2) is 64.7 Å². The van der Waals surface area contributed by atoms with Gasteiger partial charge in [0.05, 0.1) is 11.6 Å². The number of carbonyl (C=O) groups excluding carboxylic acids is 2. The van der Waals surface area contributed by atoms with Crippen LogP contribution in [0.3, 0.4) is 0 Å². The first-order valence-electron chi connectivity index (χ1n) is 12.4. The molecule has 2 amide bonds. The average Bonchev–Trinajstić information content (AvgIpc) is 3.45. The Kier molecular flexibility index (Phi) is 5.66. The van der Waals surface area contributed by atoms with Gasteiger partial charge < -0.3 is 9.88 Å². The van der Waals surface area contributed by atoms with E-state index in [2.05, 4.69) is 63.3 Å². The highest BCUT2D eigenvalue weighted by Crippen LogP contribution is 2.36. The lowest BCUT2D eigenvalue weighted by atomic mass is 9.96. The van der Waals surface area contributed by atoms with Gasteiger partial charge in [-0.1, -0.05) is 78.9 Å². The Labute approximate surface area is 210 Å². The molecule has 0 unspecified atom stereocenters. The number of fused-ring (bicyclic) bond motifs is 1. The summed E-state index contributed by atoms with van der Waals surface area (Å²) in [7, 11) is 1.57. The molecule has 1 aromatic heterocycles. The summed E-state index contributed by atoms with van der Waals surface area (Å²) < 4.78 is 0. The predicted octanol–water partition coefficient (Wildman–Crippen LogP) is 4.28. The standard InChI is InChI=1S/C30H28N4O2/c1-32-29(35)26(24-20-31-25-15-9-8-14-23(24)25)28(30(32)36)34-18-16-33(17-19-34)27(21-10-4-2-5-11-21)22-12-6-3-7-13-22/h2-15,20,27,31H,16-19H2,1H3. The van der Waals surface area contributed by atoms with Crippen molar-refractivity contribution < 1.29 is 9.59 Å². The SMILES string of the molecule is CN1C(=O)C(c2c[nH]c3ccccc23)=C(N2CCN(C(c3ccccc3)c3ccccc3)CC2)C1=O. The van der Waals surface area contributed by atoms with Gasteiger partial charge in [0.15, 0.2) is 0 Å². The minimum Gasteiger partial charge on any atom is -0.364 e. The minimum atomic E-state index is -0.242. The number of nitrogens with one attached hydrogen (secondary N) is 1. The number of nitrogens with zero attached hydrogens (tertiary/aromatic N) is 3. The number of carbonyl (C=O) groups is 2.